The third-order valence-corrected chi connectivity index (χ3v) is 4.85. The fraction of sp³-hybridized carbons (Fsp3) is 0.182. The van der Waals surface area contributed by atoms with Gasteiger partial charge >= 0.3 is 5.97 Å². The Hall–Kier alpha value is -3.74. The zero-order valence-electron chi connectivity index (χ0n) is 16.4. The molecule has 0 radical (unpaired) electrons. The molecular formula is C22H20N4O3. The van der Waals surface area contributed by atoms with E-state index in [2.05, 4.69) is 10.1 Å². The predicted molar refractivity (Wildman–Crippen MR) is 108 cm³/mol. The molecule has 0 spiro atoms. The SMILES string of the molecule is Cc1nn2cccnc2c1C(=O)OCC(=O)c1cc(C)n(-c2ccccc2)c1C. The van der Waals surface area contributed by atoms with Crippen LogP contribution in [0.25, 0.3) is 11.3 Å². The molecular weight excluding hydrogens is 368 g/mol. The van der Waals surface area contributed by atoms with Gasteiger partial charge in [-0.3, -0.25) is 4.79 Å². The Balaban J connectivity index is 1.55. The van der Waals surface area contributed by atoms with E-state index in [0.29, 0.717) is 16.9 Å². The second-order valence-electron chi connectivity index (χ2n) is 6.80. The predicted octanol–water partition coefficient (Wildman–Crippen LogP) is 3.48. The molecule has 0 atom stereocenters. The number of aromatic nitrogens is 4. The summed E-state index contributed by atoms with van der Waals surface area (Å²) in [6.45, 7) is 5.19. The van der Waals surface area contributed by atoms with Crippen molar-refractivity contribution in [2.45, 2.75) is 20.8 Å². The highest BCUT2D eigenvalue weighted by Gasteiger charge is 2.22. The Bertz CT molecular complexity index is 1220. The Morgan fingerprint density at radius 3 is 2.59 bits per heavy atom. The van der Waals surface area contributed by atoms with E-state index >= 15 is 0 Å². The molecule has 146 valence electrons. The van der Waals surface area contributed by atoms with Crippen molar-refractivity contribution < 1.29 is 14.3 Å². The number of hydrogen-bond donors (Lipinski definition) is 0. The topological polar surface area (TPSA) is 78.5 Å². The fourth-order valence-corrected chi connectivity index (χ4v) is 3.54. The molecule has 3 aromatic heterocycles. The van der Waals surface area contributed by atoms with Crippen molar-refractivity contribution in [2.75, 3.05) is 6.61 Å². The first-order valence-electron chi connectivity index (χ1n) is 9.22. The average molecular weight is 388 g/mol. The number of carbonyl (C=O) groups is 2. The van der Waals surface area contributed by atoms with Crippen LogP contribution in [0.15, 0.2) is 54.9 Å². The van der Waals surface area contributed by atoms with Gasteiger partial charge in [0.1, 0.15) is 5.56 Å². The van der Waals surface area contributed by atoms with Gasteiger partial charge in [-0.2, -0.15) is 5.10 Å². The highest BCUT2D eigenvalue weighted by atomic mass is 16.5. The van der Waals surface area contributed by atoms with E-state index in [1.54, 1.807) is 25.4 Å². The summed E-state index contributed by atoms with van der Waals surface area (Å²) in [5, 5.41) is 4.25. The van der Waals surface area contributed by atoms with Crippen LogP contribution < -0.4 is 0 Å². The summed E-state index contributed by atoms with van der Waals surface area (Å²) in [5.74, 6) is -0.864. The van der Waals surface area contributed by atoms with E-state index in [-0.39, 0.29) is 18.0 Å². The van der Waals surface area contributed by atoms with Gasteiger partial charge in [-0.05, 0) is 45.0 Å². The number of aryl methyl sites for hydroxylation is 2. The monoisotopic (exact) mass is 388 g/mol. The largest absolute Gasteiger partial charge is 0.454 e. The van der Waals surface area contributed by atoms with Gasteiger partial charge in [0, 0.05) is 35.0 Å². The number of nitrogens with zero attached hydrogens (tertiary/aromatic N) is 4. The third kappa shape index (κ3) is 3.31. The lowest BCUT2D eigenvalue weighted by atomic mass is 10.1. The number of hydrogen-bond acceptors (Lipinski definition) is 5. The summed E-state index contributed by atoms with van der Waals surface area (Å²) in [6.07, 6.45) is 3.28. The van der Waals surface area contributed by atoms with Gasteiger partial charge in [-0.1, -0.05) is 18.2 Å². The number of rotatable bonds is 5. The normalized spacial score (nSPS) is 11.0. The van der Waals surface area contributed by atoms with E-state index in [1.165, 1.54) is 4.52 Å². The Morgan fingerprint density at radius 2 is 1.83 bits per heavy atom. The van der Waals surface area contributed by atoms with Crippen molar-refractivity contribution in [3.63, 3.8) is 0 Å². The number of ether oxygens (including phenoxy) is 1. The molecule has 4 aromatic rings. The van der Waals surface area contributed by atoms with Crippen molar-refractivity contribution in [2.24, 2.45) is 0 Å². The minimum Gasteiger partial charge on any atom is -0.454 e. The molecule has 0 fully saturated rings. The molecule has 4 rings (SSSR count). The Kier molecular flexibility index (Phi) is 4.72. The van der Waals surface area contributed by atoms with Gasteiger partial charge in [0.15, 0.2) is 12.3 Å². The van der Waals surface area contributed by atoms with E-state index in [0.717, 1.165) is 17.1 Å². The lowest BCUT2D eigenvalue weighted by molar-refractivity contribution is 0.0475. The van der Waals surface area contributed by atoms with E-state index in [1.807, 2.05) is 54.8 Å². The van der Waals surface area contributed by atoms with Crippen molar-refractivity contribution >= 4 is 17.4 Å². The maximum Gasteiger partial charge on any atom is 0.344 e. The maximum atomic E-state index is 12.8. The quantitative estimate of drug-likeness (QED) is 0.386. The number of para-hydroxylation sites is 1. The summed E-state index contributed by atoms with van der Waals surface area (Å²) in [5.41, 5.74) is 4.44. The van der Waals surface area contributed by atoms with Crippen molar-refractivity contribution in [3.8, 4) is 5.69 Å². The second kappa shape index (κ2) is 7.35. The lowest BCUT2D eigenvalue weighted by Gasteiger charge is -2.09. The number of carbonyl (C=O) groups excluding carboxylic acids is 2. The first-order chi connectivity index (χ1) is 14.0. The van der Waals surface area contributed by atoms with Gasteiger partial charge in [0.25, 0.3) is 0 Å². The number of ketones is 1. The van der Waals surface area contributed by atoms with Gasteiger partial charge in [-0.15, -0.1) is 0 Å². The average Bonchev–Trinajstić information content (AvgIpc) is 3.21. The van der Waals surface area contributed by atoms with Crippen molar-refractivity contribution in [1.82, 2.24) is 19.2 Å². The summed E-state index contributed by atoms with van der Waals surface area (Å²) in [6, 6.07) is 13.3. The molecule has 0 aliphatic heterocycles. The van der Waals surface area contributed by atoms with Crippen LogP contribution in [0.3, 0.4) is 0 Å². The lowest BCUT2D eigenvalue weighted by Crippen LogP contribution is -2.15. The minimum atomic E-state index is -0.610. The van der Waals surface area contributed by atoms with Crippen LogP contribution in [-0.2, 0) is 4.74 Å². The molecule has 7 nitrogen and oxygen atoms in total. The third-order valence-electron chi connectivity index (χ3n) is 4.85. The van der Waals surface area contributed by atoms with Gasteiger partial charge < -0.3 is 9.30 Å². The maximum absolute atomic E-state index is 12.8. The Morgan fingerprint density at radius 1 is 1.07 bits per heavy atom. The molecule has 0 saturated heterocycles. The smallest absolute Gasteiger partial charge is 0.344 e. The van der Waals surface area contributed by atoms with E-state index in [4.69, 9.17) is 4.74 Å². The van der Waals surface area contributed by atoms with Crippen molar-refractivity contribution in [3.05, 3.63) is 83.1 Å². The van der Waals surface area contributed by atoms with Crippen LogP contribution in [-0.4, -0.2) is 37.5 Å². The van der Waals surface area contributed by atoms with Crippen molar-refractivity contribution in [1.29, 1.82) is 0 Å². The number of esters is 1. The Labute approximate surface area is 167 Å². The summed E-state index contributed by atoms with van der Waals surface area (Å²) in [4.78, 5) is 29.5. The summed E-state index contributed by atoms with van der Waals surface area (Å²) >= 11 is 0. The van der Waals surface area contributed by atoms with Crippen LogP contribution in [0.5, 0.6) is 0 Å². The summed E-state index contributed by atoms with van der Waals surface area (Å²) < 4.78 is 8.83. The molecule has 1 aromatic carbocycles. The van der Waals surface area contributed by atoms with Gasteiger partial charge in [-0.25, -0.2) is 14.3 Å². The minimum absolute atomic E-state index is 0.254. The van der Waals surface area contributed by atoms with Crippen LogP contribution >= 0.6 is 0 Å². The van der Waals surface area contributed by atoms with Crippen LogP contribution in [0.4, 0.5) is 0 Å². The highest BCUT2D eigenvalue weighted by Crippen LogP contribution is 2.21. The molecule has 0 aliphatic rings. The first-order valence-corrected chi connectivity index (χ1v) is 9.22. The zero-order valence-corrected chi connectivity index (χ0v) is 16.4. The highest BCUT2D eigenvalue weighted by molar-refractivity contribution is 6.02. The molecule has 0 N–H and O–H groups in total. The van der Waals surface area contributed by atoms with Gasteiger partial charge in [0.2, 0.25) is 5.78 Å². The zero-order chi connectivity index (χ0) is 20.5. The van der Waals surface area contributed by atoms with Crippen LogP contribution in [0.1, 0.15) is 37.8 Å². The first kappa shape index (κ1) is 18.6. The second-order valence-corrected chi connectivity index (χ2v) is 6.80. The molecule has 0 bridgehead atoms. The number of benzene rings is 1. The summed E-state index contributed by atoms with van der Waals surface area (Å²) in [7, 11) is 0. The molecule has 0 amide bonds. The molecule has 0 unspecified atom stereocenters. The van der Waals surface area contributed by atoms with Gasteiger partial charge in [0.05, 0.1) is 5.69 Å². The molecule has 29 heavy (non-hydrogen) atoms. The number of fused-ring (bicyclic) bond motifs is 1. The van der Waals surface area contributed by atoms with E-state index in [9.17, 15) is 9.59 Å². The fourth-order valence-electron chi connectivity index (χ4n) is 3.54. The standard InChI is InChI=1S/C22H20N4O3/c1-14-12-18(16(3)26(14)17-8-5-4-6-9-17)19(27)13-29-22(28)20-15(2)24-25-11-7-10-23-21(20)25/h4-12H,13H2,1-3H3. The van der Waals surface area contributed by atoms with Crippen LogP contribution in [0.2, 0.25) is 0 Å². The molecule has 0 saturated carbocycles. The molecule has 0 aliphatic carbocycles. The molecule has 3 heterocycles. The van der Waals surface area contributed by atoms with Crippen LogP contribution in [0, 0.1) is 20.8 Å². The molecule has 7 heteroatoms. The number of Topliss-reactive ketones (excluding diaryl/α,β-unsaturated/α-hetero) is 1. The van der Waals surface area contributed by atoms with E-state index < -0.39 is 5.97 Å².